The van der Waals surface area contributed by atoms with E-state index in [0.29, 0.717) is 67.5 Å². The molecule has 0 aliphatic carbocycles. The van der Waals surface area contributed by atoms with Gasteiger partial charge in [-0.25, -0.2) is 18.7 Å². The Bertz CT molecular complexity index is 1160. The van der Waals surface area contributed by atoms with Gasteiger partial charge in [-0.1, -0.05) is 0 Å². The van der Waals surface area contributed by atoms with Crippen LogP contribution in [0.2, 0.25) is 0 Å². The first-order chi connectivity index (χ1) is 15.6. The molecule has 3 aromatic rings. The maximum absolute atomic E-state index is 13.6. The van der Waals surface area contributed by atoms with Gasteiger partial charge in [0.15, 0.2) is 17.3 Å². The molecule has 2 aliphatic heterocycles. The molecule has 1 spiro atoms. The van der Waals surface area contributed by atoms with Crippen molar-refractivity contribution >= 4 is 5.82 Å². The van der Waals surface area contributed by atoms with E-state index >= 15 is 0 Å². The zero-order valence-electron chi connectivity index (χ0n) is 17.2. The van der Waals surface area contributed by atoms with Crippen molar-refractivity contribution in [2.24, 2.45) is 0 Å². The van der Waals surface area contributed by atoms with Crippen LogP contribution in [0.15, 0.2) is 48.5 Å². The summed E-state index contributed by atoms with van der Waals surface area (Å²) in [6.07, 6.45) is 1.32. The Kier molecular flexibility index (Phi) is 5.29. The minimum Gasteiger partial charge on any atom is -0.354 e. The van der Waals surface area contributed by atoms with Gasteiger partial charge in [0.1, 0.15) is 17.7 Å². The van der Waals surface area contributed by atoms with Crippen LogP contribution in [0.1, 0.15) is 18.5 Å². The molecule has 0 amide bonds. The first-order valence-electron chi connectivity index (χ1n) is 10.4. The third-order valence-corrected chi connectivity index (χ3v) is 5.86. The van der Waals surface area contributed by atoms with E-state index in [1.807, 2.05) is 4.90 Å². The van der Waals surface area contributed by atoms with Gasteiger partial charge in [0, 0.05) is 37.1 Å². The molecule has 1 aromatic heterocycles. The zero-order chi connectivity index (χ0) is 22.1. The van der Waals surface area contributed by atoms with E-state index in [-0.39, 0.29) is 17.3 Å². The minimum atomic E-state index is -0.551. The number of hydrogen-bond donors (Lipinski definition) is 0. The van der Waals surface area contributed by atoms with Gasteiger partial charge in [-0.3, -0.25) is 0 Å². The van der Waals surface area contributed by atoms with E-state index in [1.165, 1.54) is 24.3 Å². The second-order valence-corrected chi connectivity index (χ2v) is 7.81. The lowest BCUT2D eigenvalue weighted by Crippen LogP contribution is -2.45. The average Bonchev–Trinajstić information content (AvgIpc) is 3.28. The lowest BCUT2D eigenvalue weighted by atomic mass is 10.0. The quantitative estimate of drug-likeness (QED) is 0.612. The van der Waals surface area contributed by atoms with Crippen molar-refractivity contribution in [3.05, 3.63) is 65.9 Å². The molecule has 2 saturated heterocycles. The van der Waals surface area contributed by atoms with Gasteiger partial charge < -0.3 is 14.4 Å². The number of nitrogens with zero attached hydrogens (tertiary/aromatic N) is 4. The predicted molar refractivity (Wildman–Crippen MR) is 114 cm³/mol. The SMILES string of the molecule is N#Cc1nc(-c2ccc(F)cc2)c(-c2ccc(F)cc2)nc1N1CCC2(CC1)OCCO2. The molecule has 3 heterocycles. The minimum absolute atomic E-state index is 0.180. The number of rotatable bonds is 3. The van der Waals surface area contributed by atoms with Gasteiger partial charge in [0.25, 0.3) is 0 Å². The summed E-state index contributed by atoms with van der Waals surface area (Å²) in [5.74, 6) is -0.826. The molecule has 2 aliphatic rings. The van der Waals surface area contributed by atoms with Crippen molar-refractivity contribution < 1.29 is 18.3 Å². The van der Waals surface area contributed by atoms with Crippen molar-refractivity contribution in [2.45, 2.75) is 18.6 Å². The molecule has 2 aromatic carbocycles. The van der Waals surface area contributed by atoms with Gasteiger partial charge in [0.2, 0.25) is 0 Å². The van der Waals surface area contributed by atoms with E-state index in [9.17, 15) is 14.0 Å². The summed E-state index contributed by atoms with van der Waals surface area (Å²) in [4.78, 5) is 11.4. The van der Waals surface area contributed by atoms with Crippen molar-refractivity contribution in [1.29, 1.82) is 5.26 Å². The standard InChI is InChI=1S/C24H20F2N4O2/c25-18-5-1-16(2-6-18)21-22(17-3-7-19(26)8-4-17)29-23(20(15-27)28-21)30-11-9-24(10-12-30)31-13-14-32-24/h1-8H,9-14H2. The van der Waals surface area contributed by atoms with Crippen molar-refractivity contribution in [3.63, 3.8) is 0 Å². The van der Waals surface area contributed by atoms with Crippen LogP contribution < -0.4 is 4.90 Å². The molecule has 0 atom stereocenters. The number of benzene rings is 2. The van der Waals surface area contributed by atoms with Gasteiger partial charge in [-0.2, -0.15) is 5.26 Å². The molecule has 5 rings (SSSR count). The molecular formula is C24H20F2N4O2. The summed E-state index contributed by atoms with van der Waals surface area (Å²) < 4.78 is 38.6. The molecule has 6 nitrogen and oxygen atoms in total. The molecule has 0 radical (unpaired) electrons. The van der Waals surface area contributed by atoms with E-state index in [0.717, 1.165) is 0 Å². The summed E-state index contributed by atoms with van der Waals surface area (Å²) >= 11 is 0. The Balaban J connectivity index is 1.59. The number of anilines is 1. The predicted octanol–water partition coefficient (Wildman–Crippen LogP) is 4.30. The lowest BCUT2D eigenvalue weighted by Gasteiger charge is -2.38. The van der Waals surface area contributed by atoms with E-state index in [4.69, 9.17) is 14.5 Å². The molecule has 0 bridgehead atoms. The molecule has 0 N–H and O–H groups in total. The number of piperidine rings is 1. The highest BCUT2D eigenvalue weighted by Crippen LogP contribution is 2.36. The summed E-state index contributed by atoms with van der Waals surface area (Å²) in [7, 11) is 0. The van der Waals surface area contributed by atoms with Gasteiger partial charge in [0.05, 0.1) is 24.6 Å². The van der Waals surface area contributed by atoms with Crippen LogP contribution in [-0.4, -0.2) is 42.1 Å². The average molecular weight is 434 g/mol. The van der Waals surface area contributed by atoms with Gasteiger partial charge in [-0.15, -0.1) is 0 Å². The van der Waals surface area contributed by atoms with Crippen LogP contribution >= 0.6 is 0 Å². The Hall–Kier alpha value is -3.41. The zero-order valence-corrected chi connectivity index (χ0v) is 17.2. The first kappa shape index (κ1) is 20.5. The largest absolute Gasteiger partial charge is 0.354 e. The normalized spacial score (nSPS) is 17.5. The van der Waals surface area contributed by atoms with Crippen LogP contribution in [0.5, 0.6) is 0 Å². The van der Waals surface area contributed by atoms with E-state index < -0.39 is 5.79 Å². The Labute approximate surface area is 184 Å². The molecule has 32 heavy (non-hydrogen) atoms. The van der Waals surface area contributed by atoms with E-state index in [2.05, 4.69) is 11.1 Å². The number of aromatic nitrogens is 2. The molecule has 162 valence electrons. The summed E-state index contributed by atoms with van der Waals surface area (Å²) in [5.41, 5.74) is 2.39. The third-order valence-electron chi connectivity index (χ3n) is 5.86. The van der Waals surface area contributed by atoms with Crippen LogP contribution in [0.3, 0.4) is 0 Å². The first-order valence-corrected chi connectivity index (χ1v) is 10.4. The maximum Gasteiger partial charge on any atom is 0.183 e. The van der Waals surface area contributed by atoms with Crippen molar-refractivity contribution in [2.75, 3.05) is 31.2 Å². The summed E-state index contributed by atoms with van der Waals surface area (Å²) in [5, 5.41) is 9.83. The second-order valence-electron chi connectivity index (χ2n) is 7.81. The van der Waals surface area contributed by atoms with E-state index in [1.54, 1.807) is 24.3 Å². The molecular weight excluding hydrogens is 414 g/mol. The van der Waals surface area contributed by atoms with Gasteiger partial charge >= 0.3 is 0 Å². The third kappa shape index (κ3) is 3.81. The van der Waals surface area contributed by atoms with Crippen LogP contribution in [-0.2, 0) is 9.47 Å². The topological polar surface area (TPSA) is 71.3 Å². The highest BCUT2D eigenvalue weighted by atomic mass is 19.1. The number of ether oxygens (including phenoxy) is 2. The Morgan fingerprint density at radius 1 is 0.812 bits per heavy atom. The molecule has 8 heteroatoms. The number of hydrogen-bond acceptors (Lipinski definition) is 6. The fourth-order valence-electron chi connectivity index (χ4n) is 4.18. The Morgan fingerprint density at radius 2 is 1.31 bits per heavy atom. The summed E-state index contributed by atoms with van der Waals surface area (Å²) in [6.45, 7) is 2.37. The smallest absolute Gasteiger partial charge is 0.183 e. The molecule has 0 unspecified atom stereocenters. The molecule has 2 fully saturated rings. The monoisotopic (exact) mass is 434 g/mol. The van der Waals surface area contributed by atoms with Crippen LogP contribution in [0, 0.1) is 23.0 Å². The van der Waals surface area contributed by atoms with Crippen LogP contribution in [0.25, 0.3) is 22.5 Å². The number of nitriles is 1. The van der Waals surface area contributed by atoms with Crippen molar-refractivity contribution in [3.8, 4) is 28.6 Å². The lowest BCUT2D eigenvalue weighted by molar-refractivity contribution is -0.169. The fraction of sp³-hybridized carbons (Fsp3) is 0.292. The highest BCUT2D eigenvalue weighted by Gasteiger charge is 2.40. The molecule has 0 saturated carbocycles. The number of halogens is 2. The Morgan fingerprint density at radius 3 is 1.81 bits per heavy atom. The van der Waals surface area contributed by atoms with Crippen LogP contribution in [0.4, 0.5) is 14.6 Å². The van der Waals surface area contributed by atoms with Crippen molar-refractivity contribution in [1.82, 2.24) is 9.97 Å². The summed E-state index contributed by atoms with van der Waals surface area (Å²) in [6, 6.07) is 13.9. The fourth-order valence-corrected chi connectivity index (χ4v) is 4.18. The highest BCUT2D eigenvalue weighted by molar-refractivity contribution is 5.80. The van der Waals surface area contributed by atoms with Gasteiger partial charge in [-0.05, 0) is 48.5 Å². The second kappa shape index (κ2) is 8.26. The maximum atomic E-state index is 13.6.